The minimum absolute atomic E-state index is 0.400. The normalized spacial score (nSPS) is 27.2. The van der Waals surface area contributed by atoms with Gasteiger partial charge >= 0.3 is 0 Å². The third kappa shape index (κ3) is 7.40. The minimum atomic E-state index is -0.400. The molecule has 0 amide bonds. The molecule has 29 heavy (non-hydrogen) atoms. The topological polar surface area (TPSA) is 23.5 Å². The number of piperidine rings is 2. The van der Waals surface area contributed by atoms with Crippen LogP contribution in [0.1, 0.15) is 115 Å². The Morgan fingerprint density at radius 1 is 0.828 bits per heavy atom. The van der Waals surface area contributed by atoms with Crippen molar-refractivity contribution < 1.29 is 5.11 Å². The van der Waals surface area contributed by atoms with Gasteiger partial charge in [-0.2, -0.15) is 0 Å². The highest BCUT2D eigenvalue weighted by molar-refractivity contribution is 5.15. The number of benzene rings is 1. The molecule has 0 saturated carbocycles. The van der Waals surface area contributed by atoms with Crippen molar-refractivity contribution in [2.75, 3.05) is 0 Å². The number of aliphatic hydroxyl groups is 1. The molecule has 2 nitrogen and oxygen atoms in total. The molecular weight excluding hydrogens is 354 g/mol. The summed E-state index contributed by atoms with van der Waals surface area (Å²) in [6.07, 6.45) is 20.6. The van der Waals surface area contributed by atoms with Crippen LogP contribution in [0.15, 0.2) is 30.3 Å². The molecule has 3 rings (SSSR count). The van der Waals surface area contributed by atoms with Gasteiger partial charge in [-0.25, -0.2) is 0 Å². The molecule has 2 aliphatic rings. The molecule has 2 saturated heterocycles. The Balaban J connectivity index is 1.35. The van der Waals surface area contributed by atoms with Gasteiger partial charge in [0.15, 0.2) is 0 Å². The fourth-order valence-corrected chi connectivity index (χ4v) is 5.82. The molecule has 0 aromatic heterocycles. The van der Waals surface area contributed by atoms with Gasteiger partial charge in [0.25, 0.3) is 0 Å². The standard InChI is InChI=1S/C27H45NO/c1-2-3-4-5-6-7-8-9-10-14-20-27(29)21-25-18-15-19-26(22-27)28(25)23-24-16-12-11-13-17-24/h11-13,16-17,25-26,29H,2-10,14-15,18-23H2,1H3. The van der Waals surface area contributed by atoms with Crippen LogP contribution >= 0.6 is 0 Å². The van der Waals surface area contributed by atoms with Crippen molar-refractivity contribution in [2.24, 2.45) is 0 Å². The van der Waals surface area contributed by atoms with Crippen LogP contribution in [0, 0.1) is 0 Å². The van der Waals surface area contributed by atoms with Crippen molar-refractivity contribution in [1.29, 1.82) is 0 Å². The van der Waals surface area contributed by atoms with Gasteiger partial charge < -0.3 is 5.11 Å². The molecule has 2 bridgehead atoms. The van der Waals surface area contributed by atoms with Gasteiger partial charge in [0, 0.05) is 18.6 Å². The molecule has 2 fully saturated rings. The number of rotatable bonds is 13. The maximum Gasteiger partial charge on any atom is 0.0677 e. The Bertz CT molecular complexity index is 543. The van der Waals surface area contributed by atoms with E-state index in [9.17, 15) is 5.11 Å². The van der Waals surface area contributed by atoms with E-state index < -0.39 is 5.60 Å². The summed E-state index contributed by atoms with van der Waals surface area (Å²) in [6, 6.07) is 12.1. The molecule has 2 aliphatic heterocycles. The highest BCUT2D eigenvalue weighted by Crippen LogP contribution is 2.42. The SMILES string of the molecule is CCCCCCCCCCCCC1(O)CC2CCCC(C1)N2Cc1ccccc1. The van der Waals surface area contributed by atoms with Gasteiger partial charge in [0.2, 0.25) is 0 Å². The lowest BCUT2D eigenvalue weighted by Gasteiger charge is -2.52. The van der Waals surface area contributed by atoms with E-state index in [1.54, 1.807) is 0 Å². The van der Waals surface area contributed by atoms with Crippen molar-refractivity contribution in [3.05, 3.63) is 35.9 Å². The molecule has 1 aromatic carbocycles. The predicted molar refractivity (Wildman–Crippen MR) is 124 cm³/mol. The number of hydrogen-bond donors (Lipinski definition) is 1. The molecule has 2 heteroatoms. The molecule has 0 aliphatic carbocycles. The summed E-state index contributed by atoms with van der Waals surface area (Å²) in [5, 5.41) is 11.4. The van der Waals surface area contributed by atoms with Crippen LogP contribution in [0.2, 0.25) is 0 Å². The van der Waals surface area contributed by atoms with Crippen LogP contribution in [0.25, 0.3) is 0 Å². The van der Waals surface area contributed by atoms with Crippen molar-refractivity contribution in [3.63, 3.8) is 0 Å². The fraction of sp³-hybridized carbons (Fsp3) is 0.778. The first-order valence-corrected chi connectivity index (χ1v) is 12.7. The minimum Gasteiger partial charge on any atom is -0.390 e. The van der Waals surface area contributed by atoms with Crippen molar-refractivity contribution >= 4 is 0 Å². The van der Waals surface area contributed by atoms with Crippen LogP contribution in [0.4, 0.5) is 0 Å². The zero-order valence-electron chi connectivity index (χ0n) is 19.0. The summed E-state index contributed by atoms with van der Waals surface area (Å²) in [7, 11) is 0. The Morgan fingerprint density at radius 3 is 1.97 bits per heavy atom. The molecule has 1 N–H and O–H groups in total. The van der Waals surface area contributed by atoms with Gasteiger partial charge in [0.05, 0.1) is 5.60 Å². The average Bonchev–Trinajstić information content (AvgIpc) is 2.71. The Morgan fingerprint density at radius 2 is 1.38 bits per heavy atom. The number of nitrogens with zero attached hydrogens (tertiary/aromatic N) is 1. The maximum atomic E-state index is 11.4. The third-order valence-corrected chi connectivity index (χ3v) is 7.45. The molecular formula is C27H45NO. The second kappa shape index (κ2) is 12.1. The van der Waals surface area contributed by atoms with Gasteiger partial charge in [-0.05, 0) is 37.7 Å². The van der Waals surface area contributed by atoms with Gasteiger partial charge in [-0.3, -0.25) is 4.90 Å². The van der Waals surface area contributed by atoms with Gasteiger partial charge in [-0.1, -0.05) is 108 Å². The van der Waals surface area contributed by atoms with Gasteiger partial charge in [0.1, 0.15) is 0 Å². The van der Waals surface area contributed by atoms with E-state index >= 15 is 0 Å². The number of fused-ring (bicyclic) bond motifs is 2. The summed E-state index contributed by atoms with van der Waals surface area (Å²) < 4.78 is 0. The molecule has 2 atom stereocenters. The van der Waals surface area contributed by atoms with Crippen LogP contribution in [-0.4, -0.2) is 27.7 Å². The number of hydrogen-bond acceptors (Lipinski definition) is 2. The first-order valence-electron chi connectivity index (χ1n) is 12.7. The smallest absolute Gasteiger partial charge is 0.0677 e. The highest BCUT2D eigenvalue weighted by Gasteiger charge is 2.44. The predicted octanol–water partition coefficient (Wildman–Crippen LogP) is 7.25. The molecule has 164 valence electrons. The Hall–Kier alpha value is -0.860. The molecule has 1 aromatic rings. The van der Waals surface area contributed by atoms with E-state index in [4.69, 9.17) is 0 Å². The highest BCUT2D eigenvalue weighted by atomic mass is 16.3. The lowest BCUT2D eigenvalue weighted by atomic mass is 9.73. The van der Waals surface area contributed by atoms with E-state index in [0.717, 1.165) is 25.8 Å². The molecule has 0 radical (unpaired) electrons. The van der Waals surface area contributed by atoms with Crippen molar-refractivity contribution in [1.82, 2.24) is 4.90 Å². The summed E-state index contributed by atoms with van der Waals surface area (Å²) >= 11 is 0. The van der Waals surface area contributed by atoms with E-state index in [2.05, 4.69) is 42.2 Å². The summed E-state index contributed by atoms with van der Waals surface area (Å²) in [6.45, 7) is 3.35. The largest absolute Gasteiger partial charge is 0.390 e. The Kier molecular flexibility index (Phi) is 9.52. The van der Waals surface area contributed by atoms with Gasteiger partial charge in [-0.15, -0.1) is 0 Å². The second-order valence-corrected chi connectivity index (χ2v) is 9.96. The van der Waals surface area contributed by atoms with Crippen LogP contribution in [-0.2, 0) is 6.54 Å². The van der Waals surface area contributed by atoms with Crippen LogP contribution in [0.3, 0.4) is 0 Å². The number of unbranched alkanes of at least 4 members (excludes halogenated alkanes) is 9. The maximum absolute atomic E-state index is 11.4. The molecule has 2 heterocycles. The Labute approximate surface area is 180 Å². The van der Waals surface area contributed by atoms with E-state index in [0.29, 0.717) is 12.1 Å². The lowest BCUT2D eigenvalue weighted by Crippen LogP contribution is -2.57. The monoisotopic (exact) mass is 399 g/mol. The fourth-order valence-electron chi connectivity index (χ4n) is 5.82. The lowest BCUT2D eigenvalue weighted by molar-refractivity contribution is -0.0999. The first kappa shape index (κ1) is 22.8. The van der Waals surface area contributed by atoms with E-state index in [1.807, 2.05) is 0 Å². The third-order valence-electron chi connectivity index (χ3n) is 7.45. The first-order chi connectivity index (χ1) is 14.2. The van der Waals surface area contributed by atoms with E-state index in [-0.39, 0.29) is 0 Å². The zero-order chi connectivity index (χ0) is 20.4. The quantitative estimate of drug-likeness (QED) is 0.353. The van der Waals surface area contributed by atoms with E-state index in [1.165, 1.54) is 89.0 Å². The van der Waals surface area contributed by atoms with Crippen molar-refractivity contribution in [2.45, 2.75) is 134 Å². The summed E-state index contributed by atoms with van der Waals surface area (Å²) in [5.41, 5.74) is 1.02. The second-order valence-electron chi connectivity index (χ2n) is 9.96. The van der Waals surface area contributed by atoms with Crippen molar-refractivity contribution in [3.8, 4) is 0 Å². The molecule has 2 unspecified atom stereocenters. The van der Waals surface area contributed by atoms with Crippen LogP contribution < -0.4 is 0 Å². The van der Waals surface area contributed by atoms with Crippen LogP contribution in [0.5, 0.6) is 0 Å². The summed E-state index contributed by atoms with van der Waals surface area (Å²) in [5.74, 6) is 0. The zero-order valence-corrected chi connectivity index (χ0v) is 19.0. The average molecular weight is 400 g/mol. The molecule has 0 spiro atoms. The summed E-state index contributed by atoms with van der Waals surface area (Å²) in [4.78, 5) is 2.71.